The van der Waals surface area contributed by atoms with Gasteiger partial charge in [0.25, 0.3) is 5.91 Å². The van der Waals surface area contributed by atoms with Gasteiger partial charge in [-0.2, -0.15) is 5.10 Å². The van der Waals surface area contributed by atoms with E-state index in [0.717, 1.165) is 17.8 Å². The van der Waals surface area contributed by atoms with E-state index in [4.69, 9.17) is 0 Å². The van der Waals surface area contributed by atoms with Crippen LogP contribution in [-0.4, -0.2) is 32.2 Å². The van der Waals surface area contributed by atoms with Gasteiger partial charge in [-0.15, -0.1) is 0 Å². The Morgan fingerprint density at radius 1 is 1.15 bits per heavy atom. The summed E-state index contributed by atoms with van der Waals surface area (Å²) in [6.45, 7) is 3.34. The maximum absolute atomic E-state index is 12.4. The SMILES string of the molecule is Cc1cc2ccccc2n1CCNC(=O)c1cc(-c2ccncc2)n[nH]1. The van der Waals surface area contributed by atoms with Gasteiger partial charge in [-0.25, -0.2) is 0 Å². The van der Waals surface area contributed by atoms with Gasteiger partial charge < -0.3 is 9.88 Å². The molecule has 0 atom stereocenters. The van der Waals surface area contributed by atoms with E-state index in [1.807, 2.05) is 24.3 Å². The van der Waals surface area contributed by atoms with Gasteiger partial charge in [-0.05, 0) is 42.6 Å². The van der Waals surface area contributed by atoms with E-state index in [-0.39, 0.29) is 5.91 Å². The standard InChI is InChI=1S/C20H19N5O/c1-14-12-16-4-2-3-5-19(16)25(14)11-10-22-20(26)18-13-17(23-24-18)15-6-8-21-9-7-15/h2-9,12-13H,10-11H2,1H3,(H,22,26)(H,23,24). The van der Waals surface area contributed by atoms with E-state index in [1.165, 1.54) is 16.6 Å². The molecule has 6 heteroatoms. The lowest BCUT2D eigenvalue weighted by molar-refractivity contribution is 0.0947. The van der Waals surface area contributed by atoms with Crippen molar-refractivity contribution in [2.24, 2.45) is 0 Å². The number of hydrogen-bond acceptors (Lipinski definition) is 3. The molecule has 1 aromatic carbocycles. The Bertz CT molecular complexity index is 1050. The fourth-order valence-corrected chi connectivity index (χ4v) is 3.13. The average molecular weight is 345 g/mol. The summed E-state index contributed by atoms with van der Waals surface area (Å²) >= 11 is 0. The molecule has 2 N–H and O–H groups in total. The Hall–Kier alpha value is -3.41. The molecule has 3 heterocycles. The molecule has 0 saturated carbocycles. The van der Waals surface area contributed by atoms with Gasteiger partial charge in [0.15, 0.2) is 0 Å². The van der Waals surface area contributed by atoms with Crippen LogP contribution < -0.4 is 5.32 Å². The van der Waals surface area contributed by atoms with Gasteiger partial charge in [-0.1, -0.05) is 18.2 Å². The van der Waals surface area contributed by atoms with Gasteiger partial charge in [-0.3, -0.25) is 14.9 Å². The van der Waals surface area contributed by atoms with E-state index in [9.17, 15) is 4.79 Å². The number of aromatic nitrogens is 4. The summed E-state index contributed by atoms with van der Waals surface area (Å²) in [5.41, 5.74) is 4.46. The molecule has 0 aliphatic rings. The highest BCUT2D eigenvalue weighted by molar-refractivity contribution is 5.93. The summed E-state index contributed by atoms with van der Waals surface area (Å²) in [7, 11) is 0. The molecule has 0 unspecified atom stereocenters. The van der Waals surface area contributed by atoms with E-state index < -0.39 is 0 Å². The van der Waals surface area contributed by atoms with E-state index >= 15 is 0 Å². The molecular formula is C20H19N5O. The first-order valence-corrected chi connectivity index (χ1v) is 8.51. The van der Waals surface area contributed by atoms with Crippen molar-refractivity contribution >= 4 is 16.8 Å². The Labute approximate surface area is 150 Å². The molecule has 0 fully saturated rings. The van der Waals surface area contributed by atoms with Crippen LogP contribution in [0.3, 0.4) is 0 Å². The zero-order valence-corrected chi connectivity index (χ0v) is 14.4. The first-order valence-electron chi connectivity index (χ1n) is 8.51. The topological polar surface area (TPSA) is 75.6 Å². The van der Waals surface area contributed by atoms with Crippen LogP contribution in [-0.2, 0) is 6.54 Å². The maximum atomic E-state index is 12.4. The summed E-state index contributed by atoms with van der Waals surface area (Å²) in [5.74, 6) is -0.160. The summed E-state index contributed by atoms with van der Waals surface area (Å²) in [5, 5.41) is 11.2. The average Bonchev–Trinajstić information content (AvgIpc) is 3.28. The Morgan fingerprint density at radius 3 is 2.81 bits per heavy atom. The monoisotopic (exact) mass is 345 g/mol. The van der Waals surface area contributed by atoms with Crippen LogP contribution in [0.25, 0.3) is 22.2 Å². The Balaban J connectivity index is 1.41. The van der Waals surface area contributed by atoms with Crippen molar-refractivity contribution in [3.63, 3.8) is 0 Å². The van der Waals surface area contributed by atoms with Crippen molar-refractivity contribution in [3.8, 4) is 11.3 Å². The largest absolute Gasteiger partial charge is 0.349 e. The number of aromatic amines is 1. The zero-order valence-electron chi connectivity index (χ0n) is 14.4. The molecule has 0 radical (unpaired) electrons. The van der Waals surface area contributed by atoms with E-state index in [1.54, 1.807) is 18.5 Å². The molecule has 4 rings (SSSR count). The van der Waals surface area contributed by atoms with Crippen LogP contribution in [0, 0.1) is 6.92 Å². The normalized spacial score (nSPS) is 11.0. The van der Waals surface area contributed by atoms with Crippen LogP contribution in [0.5, 0.6) is 0 Å². The number of para-hydroxylation sites is 1. The molecule has 0 aliphatic carbocycles. The van der Waals surface area contributed by atoms with Crippen LogP contribution in [0.15, 0.2) is 60.9 Å². The Kier molecular flexibility index (Phi) is 4.23. The third kappa shape index (κ3) is 3.09. The van der Waals surface area contributed by atoms with Crippen molar-refractivity contribution < 1.29 is 4.79 Å². The number of carbonyl (C=O) groups is 1. The number of hydrogen-bond donors (Lipinski definition) is 2. The molecule has 0 aliphatic heterocycles. The number of nitrogens with zero attached hydrogens (tertiary/aromatic N) is 3. The van der Waals surface area contributed by atoms with Crippen LogP contribution in [0.1, 0.15) is 16.2 Å². The smallest absolute Gasteiger partial charge is 0.269 e. The number of H-pyrrole nitrogens is 1. The molecule has 4 aromatic rings. The number of rotatable bonds is 5. The van der Waals surface area contributed by atoms with E-state index in [2.05, 4.69) is 50.2 Å². The molecule has 0 spiro atoms. The fraction of sp³-hybridized carbons (Fsp3) is 0.150. The first kappa shape index (κ1) is 16.1. The highest BCUT2D eigenvalue weighted by atomic mass is 16.1. The van der Waals surface area contributed by atoms with Gasteiger partial charge in [0.05, 0.1) is 5.69 Å². The van der Waals surface area contributed by atoms with Crippen molar-refractivity contribution in [2.45, 2.75) is 13.5 Å². The fourth-order valence-electron chi connectivity index (χ4n) is 3.13. The minimum Gasteiger partial charge on any atom is -0.349 e. The lowest BCUT2D eigenvalue weighted by Gasteiger charge is -2.09. The third-order valence-electron chi connectivity index (χ3n) is 4.44. The minimum absolute atomic E-state index is 0.160. The zero-order chi connectivity index (χ0) is 17.9. The second kappa shape index (κ2) is 6.84. The van der Waals surface area contributed by atoms with Crippen LogP contribution >= 0.6 is 0 Å². The molecule has 3 aromatic heterocycles. The molecule has 1 amide bonds. The highest BCUT2D eigenvalue weighted by Crippen LogP contribution is 2.19. The predicted octanol–water partition coefficient (Wildman–Crippen LogP) is 3.16. The molecule has 0 bridgehead atoms. The molecular weight excluding hydrogens is 326 g/mol. The highest BCUT2D eigenvalue weighted by Gasteiger charge is 2.11. The van der Waals surface area contributed by atoms with Crippen LogP contribution in [0.4, 0.5) is 0 Å². The number of carbonyl (C=O) groups excluding carboxylic acids is 1. The minimum atomic E-state index is -0.160. The summed E-state index contributed by atoms with van der Waals surface area (Å²) in [4.78, 5) is 16.3. The first-order chi connectivity index (χ1) is 12.7. The quantitative estimate of drug-likeness (QED) is 0.583. The van der Waals surface area contributed by atoms with Gasteiger partial charge in [0.2, 0.25) is 0 Å². The number of aryl methyl sites for hydroxylation is 1. The van der Waals surface area contributed by atoms with Crippen molar-refractivity contribution in [3.05, 3.63) is 72.3 Å². The van der Waals surface area contributed by atoms with E-state index in [0.29, 0.717) is 12.2 Å². The molecule has 0 saturated heterocycles. The second-order valence-electron chi connectivity index (χ2n) is 6.15. The van der Waals surface area contributed by atoms with Gasteiger partial charge in [0, 0.05) is 42.3 Å². The Morgan fingerprint density at radius 2 is 1.96 bits per heavy atom. The molecule has 6 nitrogen and oxygen atoms in total. The summed E-state index contributed by atoms with van der Waals surface area (Å²) in [6.07, 6.45) is 3.40. The maximum Gasteiger partial charge on any atom is 0.269 e. The third-order valence-corrected chi connectivity index (χ3v) is 4.44. The number of pyridine rings is 1. The molecule has 130 valence electrons. The summed E-state index contributed by atoms with van der Waals surface area (Å²) in [6, 6.07) is 15.9. The number of fused-ring (bicyclic) bond motifs is 1. The number of nitrogens with one attached hydrogen (secondary N) is 2. The molecule has 26 heavy (non-hydrogen) atoms. The lowest BCUT2D eigenvalue weighted by Crippen LogP contribution is -2.27. The van der Waals surface area contributed by atoms with Crippen molar-refractivity contribution in [1.82, 2.24) is 25.1 Å². The van der Waals surface area contributed by atoms with Gasteiger partial charge in [0.1, 0.15) is 5.69 Å². The summed E-state index contributed by atoms with van der Waals surface area (Å²) < 4.78 is 2.21. The predicted molar refractivity (Wildman–Crippen MR) is 101 cm³/mol. The lowest BCUT2D eigenvalue weighted by atomic mass is 10.2. The van der Waals surface area contributed by atoms with Crippen molar-refractivity contribution in [1.29, 1.82) is 0 Å². The number of amides is 1. The second-order valence-corrected chi connectivity index (χ2v) is 6.15. The van der Waals surface area contributed by atoms with Gasteiger partial charge >= 0.3 is 0 Å². The van der Waals surface area contributed by atoms with Crippen molar-refractivity contribution in [2.75, 3.05) is 6.54 Å². The number of benzene rings is 1. The van der Waals surface area contributed by atoms with Crippen LogP contribution in [0.2, 0.25) is 0 Å².